The van der Waals surface area contributed by atoms with Crippen LogP contribution in [0, 0.1) is 40.0 Å². The predicted molar refractivity (Wildman–Crippen MR) is 196 cm³/mol. The van der Waals surface area contributed by atoms with E-state index >= 15 is 0 Å². The zero-order valence-electron chi connectivity index (χ0n) is 30.7. The molecular formula is C41H52N4O2. The lowest BCUT2D eigenvalue weighted by molar-refractivity contribution is 0.332. The Hall–Kier alpha value is -3.93. The van der Waals surface area contributed by atoms with Crippen molar-refractivity contribution in [2.75, 3.05) is 4.90 Å². The Kier molecular flexibility index (Phi) is 7.77. The third kappa shape index (κ3) is 5.78. The lowest BCUT2D eigenvalue weighted by atomic mass is 9.85. The number of amidine groups is 1. The first-order valence-electron chi connectivity index (χ1n) is 17.1. The van der Waals surface area contributed by atoms with Gasteiger partial charge in [-0.05, 0) is 116 Å². The molecule has 1 saturated carbocycles. The Morgan fingerprint density at radius 2 is 1.51 bits per heavy atom. The molecule has 6 heteroatoms. The SMILES string of the molecule is Cc1cc(C)c(C)c(N2C(c3cc(Oc4cc(C)c5cc(C(C)(C)C)[nH]c(=O)c5n4)cc(C(C)(C)C)c3)=N[C@@H]3[C@@H]2CCC3(C)C)c1C. The van der Waals surface area contributed by atoms with Crippen molar-refractivity contribution in [2.24, 2.45) is 10.4 Å². The summed E-state index contributed by atoms with van der Waals surface area (Å²) in [4.78, 5) is 29.2. The van der Waals surface area contributed by atoms with Gasteiger partial charge in [0.2, 0.25) is 5.88 Å². The average molecular weight is 633 g/mol. The summed E-state index contributed by atoms with van der Waals surface area (Å²) in [5.74, 6) is 2.10. The van der Waals surface area contributed by atoms with E-state index in [1.54, 1.807) is 0 Å². The van der Waals surface area contributed by atoms with Crippen molar-refractivity contribution < 1.29 is 4.74 Å². The minimum atomic E-state index is -0.200. The number of aryl methyl sites for hydroxylation is 3. The molecular weight excluding hydrogens is 580 g/mol. The molecule has 0 saturated heterocycles. The molecule has 2 aromatic carbocycles. The maximum Gasteiger partial charge on any atom is 0.274 e. The number of anilines is 1. The maximum atomic E-state index is 13.2. The summed E-state index contributed by atoms with van der Waals surface area (Å²) in [7, 11) is 0. The van der Waals surface area contributed by atoms with Gasteiger partial charge in [-0.1, -0.05) is 61.5 Å². The standard InChI is InChI=1S/C41H52N4O2/c1-22-16-23(2)26(5)35(25(22)4)45-31-14-15-41(12,13)36(31)44-37(45)27-18-28(39(6,7)8)20-29(19-27)47-33-17-24(3)30-21-32(40(9,10)11)42-38(46)34(30)43-33/h16-21,31,36H,14-15H2,1-13H3,(H,42,46)/t31-,36+/m0/s1. The van der Waals surface area contributed by atoms with Crippen LogP contribution in [-0.2, 0) is 10.8 Å². The number of aliphatic imine (C=N–C) groups is 1. The molecule has 6 rings (SSSR count). The predicted octanol–water partition coefficient (Wildman–Crippen LogP) is 9.68. The number of pyridine rings is 2. The van der Waals surface area contributed by atoms with Crippen molar-refractivity contribution >= 4 is 22.4 Å². The summed E-state index contributed by atoms with van der Waals surface area (Å²) in [6.07, 6.45) is 2.25. The number of ether oxygens (including phenoxy) is 1. The Balaban J connectivity index is 1.50. The van der Waals surface area contributed by atoms with Crippen LogP contribution in [0.3, 0.4) is 0 Å². The summed E-state index contributed by atoms with van der Waals surface area (Å²) < 4.78 is 6.58. The fourth-order valence-corrected chi connectivity index (χ4v) is 7.44. The Labute approximate surface area is 280 Å². The molecule has 248 valence electrons. The highest BCUT2D eigenvalue weighted by Gasteiger charge is 2.50. The van der Waals surface area contributed by atoms with Gasteiger partial charge in [0.15, 0.2) is 0 Å². The minimum absolute atomic E-state index is 0.110. The first-order chi connectivity index (χ1) is 21.8. The normalized spacial score (nSPS) is 19.3. The van der Waals surface area contributed by atoms with Crippen LogP contribution in [-0.4, -0.2) is 27.9 Å². The van der Waals surface area contributed by atoms with Crippen LogP contribution < -0.4 is 15.2 Å². The number of fused-ring (bicyclic) bond motifs is 2. The highest BCUT2D eigenvalue weighted by atomic mass is 16.5. The second-order valence-corrected chi connectivity index (χ2v) is 16.9. The van der Waals surface area contributed by atoms with Crippen LogP contribution in [0.2, 0.25) is 0 Å². The van der Waals surface area contributed by atoms with Crippen molar-refractivity contribution in [2.45, 2.75) is 126 Å². The fourth-order valence-electron chi connectivity index (χ4n) is 7.44. The number of aromatic nitrogens is 2. The van der Waals surface area contributed by atoms with Gasteiger partial charge in [0.05, 0.1) is 12.1 Å². The molecule has 6 nitrogen and oxygen atoms in total. The van der Waals surface area contributed by atoms with Gasteiger partial charge >= 0.3 is 0 Å². The number of aromatic amines is 1. The maximum absolute atomic E-state index is 13.2. The third-order valence-electron chi connectivity index (χ3n) is 10.7. The van der Waals surface area contributed by atoms with Crippen LogP contribution in [0.5, 0.6) is 11.6 Å². The number of benzene rings is 2. The summed E-state index contributed by atoms with van der Waals surface area (Å²) >= 11 is 0. The monoisotopic (exact) mass is 632 g/mol. The number of nitrogens with zero attached hydrogens (tertiary/aromatic N) is 3. The van der Waals surface area contributed by atoms with Crippen molar-refractivity contribution in [1.29, 1.82) is 0 Å². The van der Waals surface area contributed by atoms with Gasteiger partial charge in [0, 0.05) is 33.8 Å². The molecule has 0 unspecified atom stereocenters. The fraction of sp³-hybridized carbons (Fsp3) is 0.488. The van der Waals surface area contributed by atoms with Crippen LogP contribution in [0.1, 0.15) is 113 Å². The second kappa shape index (κ2) is 11.1. The molecule has 0 radical (unpaired) electrons. The minimum Gasteiger partial charge on any atom is -0.439 e. The summed E-state index contributed by atoms with van der Waals surface area (Å²) in [6.45, 7) is 28.6. The van der Waals surface area contributed by atoms with Gasteiger partial charge in [0.25, 0.3) is 5.56 Å². The Bertz CT molecular complexity index is 1980. The average Bonchev–Trinajstić information content (AvgIpc) is 3.48. The summed E-state index contributed by atoms with van der Waals surface area (Å²) in [5, 5.41) is 0.847. The van der Waals surface area contributed by atoms with Crippen molar-refractivity contribution in [1.82, 2.24) is 9.97 Å². The molecule has 0 amide bonds. The first kappa shape index (κ1) is 33.0. The number of hydrogen-bond acceptors (Lipinski definition) is 5. The van der Waals surface area contributed by atoms with E-state index in [1.807, 2.05) is 19.1 Å². The van der Waals surface area contributed by atoms with Crippen LogP contribution in [0.25, 0.3) is 10.9 Å². The number of H-pyrrole nitrogens is 1. The smallest absolute Gasteiger partial charge is 0.274 e. The molecule has 4 aromatic rings. The van der Waals surface area contributed by atoms with Gasteiger partial charge in [-0.3, -0.25) is 9.79 Å². The zero-order chi connectivity index (χ0) is 34.4. The van der Waals surface area contributed by atoms with Gasteiger partial charge < -0.3 is 14.6 Å². The highest BCUT2D eigenvalue weighted by Crippen LogP contribution is 2.49. The van der Waals surface area contributed by atoms with Gasteiger partial charge in [-0.2, -0.15) is 0 Å². The topological polar surface area (TPSA) is 70.6 Å². The molecule has 2 atom stereocenters. The summed E-state index contributed by atoms with van der Waals surface area (Å²) in [5.41, 5.74) is 10.5. The van der Waals surface area contributed by atoms with Gasteiger partial charge in [-0.15, -0.1) is 0 Å². The van der Waals surface area contributed by atoms with Crippen molar-refractivity contribution in [3.05, 3.63) is 91.4 Å². The third-order valence-corrected chi connectivity index (χ3v) is 10.7. The molecule has 0 bridgehead atoms. The number of nitrogens with one attached hydrogen (secondary N) is 1. The molecule has 1 aliphatic heterocycles. The van der Waals surface area contributed by atoms with Crippen LogP contribution >= 0.6 is 0 Å². The second-order valence-electron chi connectivity index (χ2n) is 16.9. The van der Waals surface area contributed by atoms with E-state index in [0.29, 0.717) is 23.2 Å². The van der Waals surface area contributed by atoms with Crippen LogP contribution in [0.4, 0.5) is 5.69 Å². The molecule has 1 N–H and O–H groups in total. The largest absolute Gasteiger partial charge is 0.439 e. The Morgan fingerprint density at radius 3 is 2.13 bits per heavy atom. The van der Waals surface area contributed by atoms with Crippen LogP contribution in [0.15, 0.2) is 46.2 Å². The van der Waals surface area contributed by atoms with Gasteiger partial charge in [0.1, 0.15) is 17.1 Å². The molecule has 2 aliphatic rings. The van der Waals surface area contributed by atoms with E-state index in [-0.39, 0.29) is 27.8 Å². The van der Waals surface area contributed by atoms with E-state index in [4.69, 9.17) is 14.7 Å². The van der Waals surface area contributed by atoms with Gasteiger partial charge in [-0.25, -0.2) is 4.98 Å². The molecule has 1 fully saturated rings. The number of rotatable bonds is 4. The molecule has 1 aliphatic carbocycles. The zero-order valence-corrected chi connectivity index (χ0v) is 30.7. The van der Waals surface area contributed by atoms with E-state index < -0.39 is 0 Å². The molecule has 2 aromatic heterocycles. The number of hydrogen-bond donors (Lipinski definition) is 1. The Morgan fingerprint density at radius 1 is 0.851 bits per heavy atom. The van der Waals surface area contributed by atoms with E-state index in [9.17, 15) is 4.79 Å². The quantitative estimate of drug-likeness (QED) is 0.243. The molecule has 3 heterocycles. The highest BCUT2D eigenvalue weighted by molar-refractivity contribution is 6.13. The van der Waals surface area contributed by atoms with E-state index in [2.05, 4.69) is 117 Å². The van der Waals surface area contributed by atoms with E-state index in [0.717, 1.165) is 46.4 Å². The lowest BCUT2D eigenvalue weighted by Crippen LogP contribution is -2.40. The first-order valence-corrected chi connectivity index (χ1v) is 17.1. The summed E-state index contributed by atoms with van der Waals surface area (Å²) in [6, 6.07) is 13.3. The lowest BCUT2D eigenvalue weighted by Gasteiger charge is -2.33. The molecule has 47 heavy (non-hydrogen) atoms. The molecule has 0 spiro atoms. The van der Waals surface area contributed by atoms with E-state index in [1.165, 1.54) is 27.9 Å². The van der Waals surface area contributed by atoms with Crippen molar-refractivity contribution in [3.8, 4) is 11.6 Å². The van der Waals surface area contributed by atoms with Crippen molar-refractivity contribution in [3.63, 3.8) is 0 Å².